The summed E-state index contributed by atoms with van der Waals surface area (Å²) in [6.07, 6.45) is 0.525. The summed E-state index contributed by atoms with van der Waals surface area (Å²) >= 11 is 0. The summed E-state index contributed by atoms with van der Waals surface area (Å²) in [4.78, 5) is 20.0. The Morgan fingerprint density at radius 1 is 1.12 bits per heavy atom. The second-order valence-corrected chi connectivity index (χ2v) is 1.35. The molecule has 0 aromatic rings. The monoisotopic (exact) mass is 123 g/mol. The van der Waals surface area contributed by atoms with Crippen molar-refractivity contribution in [1.82, 2.24) is 0 Å². The summed E-state index contributed by atoms with van der Waals surface area (Å²) in [5, 5.41) is 0. The predicted octanol–water partition coefficient (Wildman–Crippen LogP) is -0.531. The van der Waals surface area contributed by atoms with Gasteiger partial charge in [-0.05, 0) is 0 Å². The summed E-state index contributed by atoms with van der Waals surface area (Å²) in [6, 6.07) is 0. The molecule has 3 nitrogen and oxygen atoms in total. The van der Waals surface area contributed by atoms with Crippen LogP contribution in [0.2, 0.25) is 0 Å². The number of hydrogen-bond donors (Lipinski definition) is 0. The van der Waals surface area contributed by atoms with Crippen molar-refractivity contribution in [3.63, 3.8) is 0 Å². The van der Waals surface area contributed by atoms with E-state index in [0.29, 0.717) is 0 Å². The molecule has 0 atom stereocenters. The van der Waals surface area contributed by atoms with Gasteiger partial charge in [-0.1, -0.05) is 0 Å². The maximum absolute atomic E-state index is 10.0. The van der Waals surface area contributed by atoms with Crippen molar-refractivity contribution in [2.45, 2.75) is 12.8 Å². The van der Waals surface area contributed by atoms with Gasteiger partial charge in [-0.3, -0.25) is 9.59 Å². The van der Waals surface area contributed by atoms with Gasteiger partial charge in [0.2, 0.25) is 0 Å². The minimum absolute atomic E-state index is 0. The molecule has 0 amide bonds. The summed E-state index contributed by atoms with van der Waals surface area (Å²) in [5.41, 5.74) is 0. The molecule has 39 valence electrons. The van der Waals surface area contributed by atoms with Crippen LogP contribution in [0.5, 0.6) is 0 Å². The summed E-state index contributed by atoms with van der Waals surface area (Å²) in [7, 11) is 0. The van der Waals surface area contributed by atoms with Crippen LogP contribution < -0.4 is 0 Å². The maximum Gasteiger partial charge on any atom is 0.314 e. The van der Waals surface area contributed by atoms with Gasteiger partial charge in [0, 0.05) is 29.6 Å². The largest absolute Gasteiger partial charge is 0.393 e. The fourth-order valence-electron chi connectivity index (χ4n) is 0.433. The first-order valence-corrected chi connectivity index (χ1v) is 2.02. The number of ether oxygens (including phenoxy) is 1. The molecule has 1 aliphatic rings. The SMILES string of the molecule is O=C1CCC(=O)O1.[Na]. The number of cyclic esters (lactones) is 2. The summed E-state index contributed by atoms with van der Waals surface area (Å²) < 4.78 is 4.08. The fraction of sp³-hybridized carbons (Fsp3) is 0.500. The third kappa shape index (κ3) is 1.94. The molecule has 0 saturated carbocycles. The minimum Gasteiger partial charge on any atom is -0.393 e. The standard InChI is InChI=1S/C4H4O3.Na/c5-3-1-2-4(6)7-3;/h1-2H2;. The van der Waals surface area contributed by atoms with Crippen LogP contribution in [-0.4, -0.2) is 41.5 Å². The molecule has 1 fully saturated rings. The zero-order valence-electron chi connectivity index (χ0n) is 4.64. The van der Waals surface area contributed by atoms with Gasteiger partial charge in [0.05, 0.1) is 12.8 Å². The molecule has 1 saturated heterocycles. The Kier molecular flexibility index (Phi) is 3.28. The van der Waals surface area contributed by atoms with E-state index in [2.05, 4.69) is 4.74 Å². The summed E-state index contributed by atoms with van der Waals surface area (Å²) in [5.74, 6) is -0.796. The molecule has 4 heteroatoms. The van der Waals surface area contributed by atoms with Crippen LogP contribution in [0.4, 0.5) is 0 Å². The van der Waals surface area contributed by atoms with Crippen LogP contribution in [0.3, 0.4) is 0 Å². The van der Waals surface area contributed by atoms with Crippen LogP contribution in [-0.2, 0) is 14.3 Å². The fourth-order valence-corrected chi connectivity index (χ4v) is 0.433. The Morgan fingerprint density at radius 3 is 1.62 bits per heavy atom. The van der Waals surface area contributed by atoms with Crippen molar-refractivity contribution in [3.05, 3.63) is 0 Å². The minimum atomic E-state index is -0.398. The Labute approximate surface area is 68.7 Å². The third-order valence-electron chi connectivity index (χ3n) is 0.761. The van der Waals surface area contributed by atoms with Gasteiger partial charge >= 0.3 is 11.9 Å². The average Bonchev–Trinajstić information content (AvgIpc) is 1.87. The molecule has 0 bridgehead atoms. The zero-order chi connectivity index (χ0) is 5.28. The molecular weight excluding hydrogens is 119 g/mol. The molecule has 1 radical (unpaired) electrons. The molecule has 0 aliphatic carbocycles. The van der Waals surface area contributed by atoms with E-state index in [0.717, 1.165) is 0 Å². The first-order valence-electron chi connectivity index (χ1n) is 2.02. The molecule has 1 heterocycles. The van der Waals surface area contributed by atoms with E-state index in [-0.39, 0.29) is 42.4 Å². The molecular formula is C4H4NaO3. The van der Waals surface area contributed by atoms with Gasteiger partial charge in [0.25, 0.3) is 0 Å². The average molecular weight is 123 g/mol. The van der Waals surface area contributed by atoms with Crippen molar-refractivity contribution in [3.8, 4) is 0 Å². The number of esters is 2. The number of carbonyl (C=O) groups excluding carboxylic acids is 2. The molecule has 8 heavy (non-hydrogen) atoms. The van der Waals surface area contributed by atoms with Crippen molar-refractivity contribution in [2.24, 2.45) is 0 Å². The third-order valence-corrected chi connectivity index (χ3v) is 0.761. The van der Waals surface area contributed by atoms with E-state index in [1.54, 1.807) is 0 Å². The molecule has 0 N–H and O–H groups in total. The molecule has 0 aromatic carbocycles. The second-order valence-electron chi connectivity index (χ2n) is 1.35. The van der Waals surface area contributed by atoms with E-state index in [9.17, 15) is 9.59 Å². The van der Waals surface area contributed by atoms with Crippen LogP contribution in [0.15, 0.2) is 0 Å². The van der Waals surface area contributed by atoms with Gasteiger partial charge in [0.15, 0.2) is 0 Å². The van der Waals surface area contributed by atoms with E-state index in [4.69, 9.17) is 0 Å². The Balaban J connectivity index is 0.000000490. The van der Waals surface area contributed by atoms with Gasteiger partial charge in [-0.2, -0.15) is 0 Å². The van der Waals surface area contributed by atoms with E-state index in [1.807, 2.05) is 0 Å². The van der Waals surface area contributed by atoms with E-state index in [1.165, 1.54) is 0 Å². The van der Waals surface area contributed by atoms with Gasteiger partial charge in [0.1, 0.15) is 0 Å². The maximum atomic E-state index is 10.0. The van der Waals surface area contributed by atoms with Crippen molar-refractivity contribution in [1.29, 1.82) is 0 Å². The van der Waals surface area contributed by atoms with Crippen LogP contribution >= 0.6 is 0 Å². The van der Waals surface area contributed by atoms with E-state index < -0.39 is 11.9 Å². The number of carbonyl (C=O) groups is 2. The zero-order valence-corrected chi connectivity index (χ0v) is 6.64. The van der Waals surface area contributed by atoms with Crippen molar-refractivity contribution >= 4 is 41.5 Å². The van der Waals surface area contributed by atoms with Crippen LogP contribution in [0.25, 0.3) is 0 Å². The first kappa shape index (κ1) is 8.14. The Hall–Kier alpha value is 0.140. The molecule has 0 spiro atoms. The molecule has 0 unspecified atom stereocenters. The molecule has 0 aromatic heterocycles. The Bertz CT molecular complexity index is 106. The van der Waals surface area contributed by atoms with Crippen LogP contribution in [0, 0.1) is 0 Å². The molecule has 1 rings (SSSR count). The van der Waals surface area contributed by atoms with Gasteiger partial charge in [-0.25, -0.2) is 0 Å². The smallest absolute Gasteiger partial charge is 0.314 e. The normalized spacial score (nSPS) is 17.5. The van der Waals surface area contributed by atoms with Crippen molar-refractivity contribution in [2.75, 3.05) is 0 Å². The second kappa shape index (κ2) is 3.22. The van der Waals surface area contributed by atoms with Crippen LogP contribution in [0.1, 0.15) is 12.8 Å². The number of hydrogen-bond acceptors (Lipinski definition) is 3. The quantitative estimate of drug-likeness (QED) is 0.247. The topological polar surface area (TPSA) is 43.4 Å². The Morgan fingerprint density at radius 2 is 1.50 bits per heavy atom. The molecule has 1 aliphatic heterocycles. The summed E-state index contributed by atoms with van der Waals surface area (Å²) in [6.45, 7) is 0. The van der Waals surface area contributed by atoms with Gasteiger partial charge in [-0.15, -0.1) is 0 Å². The van der Waals surface area contributed by atoms with Gasteiger partial charge < -0.3 is 4.74 Å². The first-order chi connectivity index (χ1) is 3.29. The number of rotatable bonds is 0. The van der Waals surface area contributed by atoms with E-state index >= 15 is 0 Å². The predicted molar refractivity (Wildman–Crippen MR) is 26.1 cm³/mol. The van der Waals surface area contributed by atoms with Crippen molar-refractivity contribution < 1.29 is 14.3 Å².